The molecule has 16 heteroatoms. The number of hydrogen-bond donors (Lipinski definition) is 1. The number of methoxy groups -OCH3 is 2. The van der Waals surface area contributed by atoms with Crippen LogP contribution in [0.5, 0.6) is 17.2 Å². The lowest BCUT2D eigenvalue weighted by molar-refractivity contribution is -0.136. The Hall–Kier alpha value is -6.13. The van der Waals surface area contributed by atoms with Gasteiger partial charge in [0.2, 0.25) is 17.7 Å². The first-order valence-electron chi connectivity index (χ1n) is 20.7. The number of hydrogen-bond acceptors (Lipinski definition) is 12. The monoisotopic (exact) mass is 834 g/mol. The van der Waals surface area contributed by atoms with Crippen molar-refractivity contribution in [3.05, 3.63) is 82.0 Å². The predicted molar refractivity (Wildman–Crippen MR) is 222 cm³/mol. The number of ether oxygens (including phenoxy) is 4. The zero-order chi connectivity index (χ0) is 42.9. The summed E-state index contributed by atoms with van der Waals surface area (Å²) in [4.78, 5) is 85.7. The number of pyridine rings is 2. The molecule has 3 unspecified atom stereocenters. The number of nitrogens with one attached hydrogen (secondary N) is 1. The molecular formula is C45H50N6O10. The van der Waals surface area contributed by atoms with E-state index < -0.39 is 29.7 Å². The number of likely N-dealkylation sites (tertiary alicyclic amines) is 1. The number of aryl methyl sites for hydroxylation is 1. The summed E-state index contributed by atoms with van der Waals surface area (Å²) in [5, 5.41) is 3.55. The van der Waals surface area contributed by atoms with Crippen molar-refractivity contribution in [2.24, 2.45) is 24.8 Å². The van der Waals surface area contributed by atoms with Gasteiger partial charge in [0.05, 0.1) is 55.9 Å². The van der Waals surface area contributed by atoms with Crippen molar-refractivity contribution < 1.29 is 42.9 Å². The Kier molecular flexibility index (Phi) is 11.9. The summed E-state index contributed by atoms with van der Waals surface area (Å²) in [5.74, 6) is 0.758. The summed E-state index contributed by atoms with van der Waals surface area (Å²) in [6.45, 7) is 3.50. The third-order valence-electron chi connectivity index (χ3n) is 12.5. The van der Waals surface area contributed by atoms with E-state index in [1.807, 2.05) is 29.3 Å². The highest BCUT2D eigenvalue weighted by molar-refractivity contribution is 6.24. The van der Waals surface area contributed by atoms with Gasteiger partial charge in [0.1, 0.15) is 29.9 Å². The van der Waals surface area contributed by atoms with E-state index in [9.17, 15) is 28.8 Å². The number of carbonyl (C=O) groups is 5. The fraction of sp³-hybridized carbons (Fsp3) is 0.444. The number of fused-ring (bicyclic) bond motifs is 3. The van der Waals surface area contributed by atoms with Crippen LogP contribution in [0.2, 0.25) is 0 Å². The van der Waals surface area contributed by atoms with Crippen LogP contribution in [-0.2, 0) is 32.7 Å². The van der Waals surface area contributed by atoms with E-state index in [-0.39, 0.29) is 67.4 Å². The minimum atomic E-state index is -1.06. The fourth-order valence-corrected chi connectivity index (χ4v) is 9.62. The van der Waals surface area contributed by atoms with Crippen molar-refractivity contribution in [2.45, 2.75) is 44.7 Å². The molecular weight excluding hydrogens is 785 g/mol. The predicted octanol–water partition coefficient (Wildman–Crippen LogP) is 3.42. The molecule has 2 saturated heterocycles. The zero-order valence-corrected chi connectivity index (χ0v) is 34.8. The minimum Gasteiger partial charge on any atom is -0.496 e. The smallest absolute Gasteiger partial charge is 0.266 e. The molecule has 4 aromatic rings. The molecule has 0 radical (unpaired) electrons. The van der Waals surface area contributed by atoms with Gasteiger partial charge in [-0.1, -0.05) is 6.07 Å². The zero-order valence-electron chi connectivity index (χ0n) is 34.8. The van der Waals surface area contributed by atoms with Gasteiger partial charge in [-0.2, -0.15) is 0 Å². The number of imide groups is 2. The molecule has 3 aliphatic heterocycles. The molecule has 2 aromatic carbocycles. The Balaban J connectivity index is 0.783. The van der Waals surface area contributed by atoms with Crippen LogP contribution in [0.25, 0.3) is 21.9 Å². The third kappa shape index (κ3) is 8.21. The summed E-state index contributed by atoms with van der Waals surface area (Å²) in [5.41, 5.74) is 2.83. The van der Waals surface area contributed by atoms with Crippen LogP contribution in [0, 0.1) is 17.8 Å². The molecule has 4 aliphatic rings. The average Bonchev–Trinajstić information content (AvgIpc) is 3.90. The molecule has 3 fully saturated rings. The maximum Gasteiger partial charge on any atom is 0.266 e. The van der Waals surface area contributed by atoms with Gasteiger partial charge in [0.25, 0.3) is 17.4 Å². The van der Waals surface area contributed by atoms with Gasteiger partial charge in [0, 0.05) is 63.8 Å². The molecule has 61 heavy (non-hydrogen) atoms. The normalized spacial score (nSPS) is 21.0. The highest BCUT2D eigenvalue weighted by atomic mass is 16.5. The molecule has 4 atom stereocenters. The lowest BCUT2D eigenvalue weighted by atomic mass is 9.98. The maximum absolute atomic E-state index is 13.3. The largest absolute Gasteiger partial charge is 0.496 e. The Labute approximate surface area is 352 Å². The Bertz CT molecular complexity index is 2430. The van der Waals surface area contributed by atoms with Crippen molar-refractivity contribution >= 4 is 40.3 Å². The molecule has 8 rings (SSSR count). The number of benzene rings is 2. The van der Waals surface area contributed by atoms with Gasteiger partial charge < -0.3 is 33.3 Å². The SMILES string of the molecule is COc1cc(-c2cn(C)c(=O)c3cnccc23)cc(OC)c1CN(C)CC1CC2CN(C(=O)CCOCCOc3cccc4c3C(=O)N(C3CCC(=O)NC3=O)C4=O)C[C@H]2C1. The van der Waals surface area contributed by atoms with E-state index in [1.165, 1.54) is 6.07 Å². The number of piperidine rings is 1. The lowest BCUT2D eigenvalue weighted by Gasteiger charge is -2.27. The van der Waals surface area contributed by atoms with Crippen LogP contribution >= 0.6 is 0 Å². The van der Waals surface area contributed by atoms with Crippen LogP contribution in [-0.4, -0.2) is 121 Å². The Morgan fingerprint density at radius 2 is 1.64 bits per heavy atom. The van der Waals surface area contributed by atoms with Gasteiger partial charge >= 0.3 is 0 Å². The average molecular weight is 835 g/mol. The minimum absolute atomic E-state index is 0.0375. The first-order valence-corrected chi connectivity index (χ1v) is 20.7. The Morgan fingerprint density at radius 1 is 0.902 bits per heavy atom. The molecule has 320 valence electrons. The molecule has 5 amide bonds. The summed E-state index contributed by atoms with van der Waals surface area (Å²) >= 11 is 0. The van der Waals surface area contributed by atoms with E-state index in [2.05, 4.69) is 22.2 Å². The Morgan fingerprint density at radius 3 is 2.34 bits per heavy atom. The molecule has 1 N–H and O–H groups in total. The highest BCUT2D eigenvalue weighted by Gasteiger charge is 2.46. The molecule has 16 nitrogen and oxygen atoms in total. The summed E-state index contributed by atoms with van der Waals surface area (Å²) < 4.78 is 25.0. The quantitative estimate of drug-likeness (QED) is 0.137. The number of nitrogens with zero attached hydrogens (tertiary/aromatic N) is 5. The van der Waals surface area contributed by atoms with Gasteiger partial charge in [-0.15, -0.1) is 0 Å². The molecule has 0 spiro atoms. The molecule has 1 aliphatic carbocycles. The standard InChI is InChI=1S/C45H50N6O10/c1-48(24-34-37(58-3)18-27(19-38(34)59-4)33-25-49(2)43(55)32-20-46-12-10-30(32)33)21-26-16-28-22-50(23-29(28)17-26)40(53)11-13-60-14-15-61-36-7-5-6-31-41(36)45(57)51(44(31)56)35-8-9-39(52)47-42(35)54/h5-7,10,12,18-20,25-26,28-29,35H,8-9,11,13-17,21-24H2,1-4H3,(H,47,52,54)/t26?,28-,29?,35?/m1/s1. The van der Waals surface area contributed by atoms with Crippen molar-refractivity contribution in [3.63, 3.8) is 0 Å². The molecule has 0 bridgehead atoms. The third-order valence-corrected chi connectivity index (χ3v) is 12.5. The van der Waals surface area contributed by atoms with E-state index in [0.29, 0.717) is 41.2 Å². The summed E-state index contributed by atoms with van der Waals surface area (Å²) in [7, 11) is 7.16. The van der Waals surface area contributed by atoms with Crippen molar-refractivity contribution in [1.82, 2.24) is 29.6 Å². The van der Waals surface area contributed by atoms with Crippen LogP contribution in [0.3, 0.4) is 0 Å². The second-order valence-electron chi connectivity index (χ2n) is 16.4. The van der Waals surface area contributed by atoms with Crippen LogP contribution in [0.1, 0.15) is 58.4 Å². The molecule has 2 aromatic heterocycles. The highest BCUT2D eigenvalue weighted by Crippen LogP contribution is 2.43. The second-order valence-corrected chi connectivity index (χ2v) is 16.4. The van der Waals surface area contributed by atoms with E-state index >= 15 is 0 Å². The molecule has 5 heterocycles. The molecule has 1 saturated carbocycles. The first-order chi connectivity index (χ1) is 29.4. The lowest BCUT2D eigenvalue weighted by Crippen LogP contribution is -2.54. The van der Waals surface area contributed by atoms with Crippen molar-refractivity contribution in [3.8, 4) is 28.4 Å². The van der Waals surface area contributed by atoms with Crippen LogP contribution < -0.4 is 25.1 Å². The maximum atomic E-state index is 13.3. The van der Waals surface area contributed by atoms with Gasteiger partial charge in [-0.05, 0) is 85.3 Å². The van der Waals surface area contributed by atoms with Crippen molar-refractivity contribution in [1.29, 1.82) is 0 Å². The second kappa shape index (κ2) is 17.5. The van der Waals surface area contributed by atoms with E-state index in [0.717, 1.165) is 59.5 Å². The first kappa shape index (κ1) is 41.6. The van der Waals surface area contributed by atoms with Crippen LogP contribution in [0.4, 0.5) is 0 Å². The van der Waals surface area contributed by atoms with E-state index in [1.54, 1.807) is 50.4 Å². The number of amides is 5. The number of aromatic nitrogens is 2. The van der Waals surface area contributed by atoms with Crippen LogP contribution in [0.15, 0.2) is 59.8 Å². The fourth-order valence-electron chi connectivity index (χ4n) is 9.62. The van der Waals surface area contributed by atoms with Gasteiger partial charge in [0.15, 0.2) is 0 Å². The summed E-state index contributed by atoms with van der Waals surface area (Å²) in [6.07, 6.45) is 7.58. The summed E-state index contributed by atoms with van der Waals surface area (Å²) in [6, 6.07) is 9.49. The van der Waals surface area contributed by atoms with E-state index in [4.69, 9.17) is 18.9 Å². The number of rotatable bonds is 15. The number of carbonyl (C=O) groups excluding carboxylic acids is 5. The van der Waals surface area contributed by atoms with Crippen molar-refractivity contribution in [2.75, 3.05) is 60.7 Å². The van der Waals surface area contributed by atoms with Gasteiger partial charge in [-0.25, -0.2) is 0 Å². The van der Waals surface area contributed by atoms with Gasteiger partial charge in [-0.3, -0.25) is 44.0 Å². The topological polar surface area (TPSA) is 179 Å².